The van der Waals surface area contributed by atoms with Gasteiger partial charge in [0.1, 0.15) is 5.82 Å². The van der Waals surface area contributed by atoms with Crippen LogP contribution in [-0.2, 0) is 14.8 Å². The summed E-state index contributed by atoms with van der Waals surface area (Å²) in [6.45, 7) is 0.944. The van der Waals surface area contributed by atoms with Gasteiger partial charge in [0.25, 0.3) is 0 Å². The SMILES string of the molecule is NC(CNC(=O)C1CCCN(S(=O)(=O)c2ccc(F)cc2)C1)C1CC1. The highest BCUT2D eigenvalue weighted by Gasteiger charge is 2.34. The highest BCUT2D eigenvalue weighted by Crippen LogP contribution is 2.31. The minimum Gasteiger partial charge on any atom is -0.354 e. The number of nitrogens with zero attached hydrogens (tertiary/aromatic N) is 1. The molecule has 1 aliphatic carbocycles. The Labute approximate surface area is 147 Å². The first kappa shape index (κ1) is 18.3. The zero-order chi connectivity index (χ0) is 18.0. The van der Waals surface area contributed by atoms with E-state index in [1.807, 2.05) is 0 Å². The van der Waals surface area contributed by atoms with Gasteiger partial charge in [-0.15, -0.1) is 0 Å². The largest absolute Gasteiger partial charge is 0.354 e. The Balaban J connectivity index is 1.61. The summed E-state index contributed by atoms with van der Waals surface area (Å²) in [5.41, 5.74) is 5.99. The highest BCUT2D eigenvalue weighted by atomic mass is 32.2. The molecule has 2 fully saturated rings. The molecule has 0 bridgehead atoms. The molecule has 1 aromatic rings. The molecule has 138 valence electrons. The van der Waals surface area contributed by atoms with Gasteiger partial charge in [-0.2, -0.15) is 4.31 Å². The fourth-order valence-electron chi connectivity index (χ4n) is 3.18. The molecule has 1 saturated carbocycles. The topological polar surface area (TPSA) is 92.5 Å². The third-order valence-corrected chi connectivity index (χ3v) is 6.83. The number of hydrogen-bond donors (Lipinski definition) is 2. The van der Waals surface area contributed by atoms with Crippen LogP contribution in [-0.4, -0.2) is 44.3 Å². The van der Waals surface area contributed by atoms with Crippen LogP contribution in [0.4, 0.5) is 4.39 Å². The molecule has 8 heteroatoms. The van der Waals surface area contributed by atoms with Gasteiger partial charge in [0.2, 0.25) is 15.9 Å². The first-order valence-corrected chi connectivity index (χ1v) is 10.1. The van der Waals surface area contributed by atoms with Crippen LogP contribution < -0.4 is 11.1 Å². The van der Waals surface area contributed by atoms with Gasteiger partial charge in [0.05, 0.1) is 10.8 Å². The summed E-state index contributed by atoms with van der Waals surface area (Å²) in [5, 5.41) is 2.86. The second kappa shape index (κ2) is 7.39. The monoisotopic (exact) mass is 369 g/mol. The van der Waals surface area contributed by atoms with E-state index in [1.165, 1.54) is 16.4 Å². The zero-order valence-corrected chi connectivity index (χ0v) is 14.8. The first-order chi connectivity index (χ1) is 11.9. The maximum absolute atomic E-state index is 13.0. The van der Waals surface area contributed by atoms with Crippen molar-refractivity contribution in [3.8, 4) is 0 Å². The number of halogens is 1. The molecule has 1 amide bonds. The molecule has 2 aliphatic rings. The number of piperidine rings is 1. The molecular formula is C17H24FN3O3S. The Morgan fingerprint density at radius 1 is 1.28 bits per heavy atom. The van der Waals surface area contributed by atoms with E-state index in [2.05, 4.69) is 5.32 Å². The number of rotatable bonds is 6. The third kappa shape index (κ3) is 4.37. The van der Waals surface area contributed by atoms with Crippen molar-refractivity contribution >= 4 is 15.9 Å². The predicted molar refractivity (Wildman–Crippen MR) is 91.6 cm³/mol. The maximum Gasteiger partial charge on any atom is 0.243 e. The fourth-order valence-corrected chi connectivity index (χ4v) is 4.71. The van der Waals surface area contributed by atoms with Crippen LogP contribution in [0.3, 0.4) is 0 Å². The summed E-state index contributed by atoms with van der Waals surface area (Å²) in [4.78, 5) is 12.4. The van der Waals surface area contributed by atoms with Gasteiger partial charge < -0.3 is 11.1 Å². The lowest BCUT2D eigenvalue weighted by Gasteiger charge is -2.31. The molecule has 25 heavy (non-hydrogen) atoms. The number of nitrogens with one attached hydrogen (secondary N) is 1. The third-order valence-electron chi connectivity index (χ3n) is 4.95. The standard InChI is InChI=1S/C17H24FN3O3S/c18-14-5-7-15(8-6-14)25(23,24)21-9-1-2-13(11-21)17(22)20-10-16(19)12-3-4-12/h5-8,12-13,16H,1-4,9-11,19H2,(H,20,22). The number of sulfonamides is 1. The molecule has 1 aliphatic heterocycles. The van der Waals surface area contributed by atoms with Crippen molar-refractivity contribution in [2.45, 2.75) is 36.6 Å². The summed E-state index contributed by atoms with van der Waals surface area (Å²) >= 11 is 0. The predicted octanol–water partition coefficient (Wildman–Crippen LogP) is 1.08. The molecule has 0 aromatic heterocycles. The molecule has 1 heterocycles. The minimum absolute atomic E-state index is 0.0217. The molecule has 1 saturated heterocycles. The molecule has 6 nitrogen and oxygen atoms in total. The number of nitrogens with two attached hydrogens (primary N) is 1. The summed E-state index contributed by atoms with van der Waals surface area (Å²) in [7, 11) is -3.72. The van der Waals surface area contributed by atoms with Crippen molar-refractivity contribution in [2.75, 3.05) is 19.6 Å². The lowest BCUT2D eigenvalue weighted by atomic mass is 9.98. The smallest absolute Gasteiger partial charge is 0.243 e. The maximum atomic E-state index is 13.0. The summed E-state index contributed by atoms with van der Waals surface area (Å²) < 4.78 is 39.7. The Hall–Kier alpha value is -1.51. The normalized spacial score (nSPS) is 23.2. The summed E-state index contributed by atoms with van der Waals surface area (Å²) in [6.07, 6.45) is 3.50. The second-order valence-corrected chi connectivity index (χ2v) is 8.84. The fraction of sp³-hybridized carbons (Fsp3) is 0.588. The van der Waals surface area contributed by atoms with Crippen LogP contribution in [0.5, 0.6) is 0 Å². The van der Waals surface area contributed by atoms with Crippen molar-refractivity contribution in [3.05, 3.63) is 30.1 Å². The van der Waals surface area contributed by atoms with E-state index < -0.39 is 15.8 Å². The van der Waals surface area contributed by atoms with Crippen LogP contribution in [0, 0.1) is 17.7 Å². The van der Waals surface area contributed by atoms with Crippen LogP contribution >= 0.6 is 0 Å². The second-order valence-electron chi connectivity index (χ2n) is 6.90. The average molecular weight is 369 g/mol. The highest BCUT2D eigenvalue weighted by molar-refractivity contribution is 7.89. The quantitative estimate of drug-likeness (QED) is 0.785. The number of carbonyl (C=O) groups excluding carboxylic acids is 1. The Morgan fingerprint density at radius 2 is 1.96 bits per heavy atom. The number of amides is 1. The van der Waals surface area contributed by atoms with Gasteiger partial charge in [-0.3, -0.25) is 4.79 Å². The van der Waals surface area contributed by atoms with E-state index in [0.717, 1.165) is 25.0 Å². The minimum atomic E-state index is -3.72. The lowest BCUT2D eigenvalue weighted by Crippen LogP contribution is -2.47. The Bertz CT molecular complexity index is 719. The van der Waals surface area contributed by atoms with Gasteiger partial charge >= 0.3 is 0 Å². The number of hydrogen-bond acceptors (Lipinski definition) is 4. The number of carbonyl (C=O) groups is 1. The van der Waals surface area contributed by atoms with E-state index >= 15 is 0 Å². The van der Waals surface area contributed by atoms with E-state index in [4.69, 9.17) is 5.73 Å². The molecule has 1 aromatic carbocycles. The van der Waals surface area contributed by atoms with E-state index in [-0.39, 0.29) is 29.3 Å². The van der Waals surface area contributed by atoms with Gasteiger partial charge in [0, 0.05) is 25.7 Å². The average Bonchev–Trinajstić information content (AvgIpc) is 3.45. The Morgan fingerprint density at radius 3 is 2.60 bits per heavy atom. The van der Waals surface area contributed by atoms with Gasteiger partial charge in [0.15, 0.2) is 0 Å². The lowest BCUT2D eigenvalue weighted by molar-refractivity contribution is -0.126. The molecule has 3 rings (SSSR count). The zero-order valence-electron chi connectivity index (χ0n) is 14.0. The van der Waals surface area contributed by atoms with E-state index in [0.29, 0.717) is 31.8 Å². The van der Waals surface area contributed by atoms with Crippen molar-refractivity contribution in [2.24, 2.45) is 17.6 Å². The van der Waals surface area contributed by atoms with Gasteiger partial charge in [-0.05, 0) is 55.9 Å². The first-order valence-electron chi connectivity index (χ1n) is 8.67. The van der Waals surface area contributed by atoms with Gasteiger partial charge in [-0.25, -0.2) is 12.8 Å². The molecule has 0 spiro atoms. The molecule has 2 atom stereocenters. The molecular weight excluding hydrogens is 345 g/mol. The van der Waals surface area contributed by atoms with Crippen LogP contribution in [0.2, 0.25) is 0 Å². The summed E-state index contributed by atoms with van der Waals surface area (Å²) in [5.74, 6) is -0.505. The Kier molecular flexibility index (Phi) is 5.41. The van der Waals surface area contributed by atoms with Crippen molar-refractivity contribution in [1.29, 1.82) is 0 Å². The number of benzene rings is 1. The molecule has 0 radical (unpaired) electrons. The van der Waals surface area contributed by atoms with Crippen LogP contribution in [0.15, 0.2) is 29.2 Å². The van der Waals surface area contributed by atoms with E-state index in [1.54, 1.807) is 0 Å². The van der Waals surface area contributed by atoms with E-state index in [9.17, 15) is 17.6 Å². The van der Waals surface area contributed by atoms with Crippen molar-refractivity contribution < 1.29 is 17.6 Å². The van der Waals surface area contributed by atoms with Crippen LogP contribution in [0.1, 0.15) is 25.7 Å². The van der Waals surface area contributed by atoms with Crippen molar-refractivity contribution in [3.63, 3.8) is 0 Å². The molecule has 2 unspecified atom stereocenters. The summed E-state index contributed by atoms with van der Waals surface area (Å²) in [6, 6.07) is 4.73. The van der Waals surface area contributed by atoms with Crippen LogP contribution in [0.25, 0.3) is 0 Å². The molecule has 3 N–H and O–H groups in total. The van der Waals surface area contributed by atoms with Gasteiger partial charge in [-0.1, -0.05) is 0 Å². The van der Waals surface area contributed by atoms with Crippen molar-refractivity contribution in [1.82, 2.24) is 9.62 Å².